The van der Waals surface area contributed by atoms with Gasteiger partial charge in [-0.05, 0) is 68.3 Å². The molecule has 5 aliphatic rings. The van der Waals surface area contributed by atoms with Crippen LogP contribution in [0.3, 0.4) is 0 Å². The lowest BCUT2D eigenvalue weighted by Gasteiger charge is -2.62. The van der Waals surface area contributed by atoms with Gasteiger partial charge >= 0.3 is 6.03 Å². The highest BCUT2D eigenvalue weighted by Gasteiger charge is 2.58. The maximum Gasteiger partial charge on any atom is 0.317 e. The van der Waals surface area contributed by atoms with Gasteiger partial charge in [0.1, 0.15) is 0 Å². The fourth-order valence-electron chi connectivity index (χ4n) is 6.73. The van der Waals surface area contributed by atoms with Crippen LogP contribution in [0.25, 0.3) is 0 Å². The molecule has 4 bridgehead atoms. The molecule has 4 nitrogen and oxygen atoms in total. The normalized spacial score (nSPS) is 38.4. The predicted molar refractivity (Wildman–Crippen MR) is 101 cm³/mol. The van der Waals surface area contributed by atoms with E-state index in [-0.39, 0.29) is 17.0 Å². The number of nitrogens with one attached hydrogen (secondary N) is 1. The minimum Gasteiger partial charge on any atom is -0.378 e. The summed E-state index contributed by atoms with van der Waals surface area (Å²) in [5.41, 5.74) is 3.11. The molecule has 1 N–H and O–H groups in total. The van der Waals surface area contributed by atoms with Gasteiger partial charge in [0.25, 0.3) is 0 Å². The van der Waals surface area contributed by atoms with Crippen LogP contribution in [0.4, 0.5) is 4.79 Å². The molecule has 5 fully saturated rings. The Labute approximate surface area is 156 Å². The highest BCUT2D eigenvalue weighted by Crippen LogP contribution is 2.62. The van der Waals surface area contributed by atoms with Crippen molar-refractivity contribution in [3.8, 4) is 0 Å². The van der Waals surface area contributed by atoms with Gasteiger partial charge in [0, 0.05) is 18.6 Å². The highest BCUT2D eigenvalue weighted by atomic mass is 16.5. The Morgan fingerprint density at radius 3 is 2.38 bits per heavy atom. The van der Waals surface area contributed by atoms with Gasteiger partial charge in [0.05, 0.1) is 13.2 Å². The monoisotopic (exact) mass is 354 g/mol. The van der Waals surface area contributed by atoms with E-state index in [1.54, 1.807) is 0 Å². The van der Waals surface area contributed by atoms with E-state index < -0.39 is 0 Å². The molecule has 1 aromatic carbocycles. The topological polar surface area (TPSA) is 41.6 Å². The maximum absolute atomic E-state index is 12.9. The Morgan fingerprint density at radius 2 is 1.73 bits per heavy atom. The molecule has 4 atom stereocenters. The first-order chi connectivity index (χ1) is 12.6. The lowest BCUT2D eigenvalue weighted by molar-refractivity contribution is -0.0384. The first kappa shape index (κ1) is 16.6. The van der Waals surface area contributed by atoms with Crippen LogP contribution in [0.2, 0.25) is 0 Å². The average Bonchev–Trinajstić information content (AvgIpc) is 2.61. The van der Waals surface area contributed by atoms with Crippen LogP contribution in [0, 0.1) is 18.8 Å². The van der Waals surface area contributed by atoms with E-state index in [1.807, 2.05) is 4.90 Å². The van der Waals surface area contributed by atoms with Gasteiger partial charge in [0.2, 0.25) is 0 Å². The van der Waals surface area contributed by atoms with Crippen molar-refractivity contribution < 1.29 is 9.53 Å². The molecular weight excluding hydrogens is 324 g/mol. The quantitative estimate of drug-likeness (QED) is 0.881. The van der Waals surface area contributed by atoms with Crippen molar-refractivity contribution in [2.45, 2.75) is 56.4 Å². The summed E-state index contributed by atoms with van der Waals surface area (Å²) in [6.45, 7) is 4.93. The van der Waals surface area contributed by atoms with E-state index in [9.17, 15) is 4.79 Å². The van der Waals surface area contributed by atoms with Gasteiger partial charge in [-0.2, -0.15) is 0 Å². The SMILES string of the molecule is Cc1ccc(C23C[C@@H]4C[C@@H](CC(NC(=O)N5CCOCC5)(C4)C2)C3)cc1. The van der Waals surface area contributed by atoms with Crippen LogP contribution in [-0.2, 0) is 10.2 Å². The Hall–Kier alpha value is -1.55. The van der Waals surface area contributed by atoms with Crippen molar-refractivity contribution >= 4 is 6.03 Å². The summed E-state index contributed by atoms with van der Waals surface area (Å²) >= 11 is 0. The van der Waals surface area contributed by atoms with Crippen LogP contribution in [0.1, 0.15) is 49.7 Å². The third kappa shape index (κ3) is 2.74. The van der Waals surface area contributed by atoms with Crippen LogP contribution in [-0.4, -0.2) is 42.8 Å². The number of rotatable bonds is 2. The second-order valence-corrected chi connectivity index (χ2v) is 9.42. The van der Waals surface area contributed by atoms with Crippen molar-refractivity contribution in [2.24, 2.45) is 11.8 Å². The second-order valence-electron chi connectivity index (χ2n) is 9.42. The van der Waals surface area contributed by atoms with Crippen molar-refractivity contribution in [3.63, 3.8) is 0 Å². The molecule has 1 saturated heterocycles. The molecule has 2 amide bonds. The summed E-state index contributed by atoms with van der Waals surface area (Å²) in [5, 5.41) is 3.53. The van der Waals surface area contributed by atoms with Gasteiger partial charge < -0.3 is 15.0 Å². The summed E-state index contributed by atoms with van der Waals surface area (Å²) in [6, 6.07) is 9.34. The van der Waals surface area contributed by atoms with Crippen molar-refractivity contribution in [1.82, 2.24) is 10.2 Å². The van der Waals surface area contributed by atoms with E-state index in [0.29, 0.717) is 13.2 Å². The van der Waals surface area contributed by atoms with E-state index in [1.165, 1.54) is 43.2 Å². The lowest BCUT2D eigenvalue weighted by Crippen LogP contribution is -2.66. The number of benzene rings is 1. The van der Waals surface area contributed by atoms with Crippen molar-refractivity contribution in [3.05, 3.63) is 35.4 Å². The fourth-order valence-corrected chi connectivity index (χ4v) is 6.73. The van der Waals surface area contributed by atoms with E-state index in [0.717, 1.165) is 31.3 Å². The number of hydrogen-bond donors (Lipinski definition) is 1. The summed E-state index contributed by atoms with van der Waals surface area (Å²) in [4.78, 5) is 14.9. The van der Waals surface area contributed by atoms with Crippen LogP contribution < -0.4 is 5.32 Å². The van der Waals surface area contributed by atoms with Crippen LogP contribution in [0.5, 0.6) is 0 Å². The molecule has 4 heteroatoms. The van der Waals surface area contributed by atoms with E-state index in [4.69, 9.17) is 4.74 Å². The summed E-state index contributed by atoms with van der Waals surface area (Å²) < 4.78 is 5.41. The van der Waals surface area contributed by atoms with E-state index >= 15 is 0 Å². The Balaban J connectivity index is 1.41. The van der Waals surface area contributed by atoms with E-state index in [2.05, 4.69) is 36.5 Å². The third-order valence-corrected chi connectivity index (χ3v) is 7.40. The molecule has 4 aliphatic carbocycles. The van der Waals surface area contributed by atoms with Gasteiger partial charge in [-0.3, -0.25) is 0 Å². The molecule has 0 aromatic heterocycles. The van der Waals surface area contributed by atoms with Crippen molar-refractivity contribution in [2.75, 3.05) is 26.3 Å². The summed E-state index contributed by atoms with van der Waals surface area (Å²) in [6.07, 6.45) is 7.44. The van der Waals surface area contributed by atoms with Gasteiger partial charge in [-0.1, -0.05) is 29.8 Å². The molecule has 2 unspecified atom stereocenters. The first-order valence-corrected chi connectivity index (χ1v) is 10.3. The Bertz CT molecular complexity index is 679. The fraction of sp³-hybridized carbons (Fsp3) is 0.682. The molecule has 1 aliphatic heterocycles. The first-order valence-electron chi connectivity index (χ1n) is 10.3. The Kier molecular flexibility index (Phi) is 3.82. The van der Waals surface area contributed by atoms with Crippen molar-refractivity contribution in [1.29, 1.82) is 0 Å². The molecule has 1 heterocycles. The van der Waals surface area contributed by atoms with Gasteiger partial charge in [-0.25, -0.2) is 4.79 Å². The molecule has 1 aromatic rings. The lowest BCUT2D eigenvalue weighted by atomic mass is 9.45. The van der Waals surface area contributed by atoms with Gasteiger partial charge in [-0.15, -0.1) is 0 Å². The zero-order valence-corrected chi connectivity index (χ0v) is 15.8. The molecule has 140 valence electrons. The Morgan fingerprint density at radius 1 is 1.08 bits per heavy atom. The molecule has 4 saturated carbocycles. The molecule has 0 radical (unpaired) electrons. The minimum absolute atomic E-state index is 0.00432. The number of hydrogen-bond acceptors (Lipinski definition) is 2. The zero-order chi connectivity index (χ0) is 17.8. The number of nitrogens with zero attached hydrogens (tertiary/aromatic N) is 1. The average molecular weight is 354 g/mol. The van der Waals surface area contributed by atoms with Gasteiger partial charge in [0.15, 0.2) is 0 Å². The molecule has 26 heavy (non-hydrogen) atoms. The number of morpholine rings is 1. The number of ether oxygens (including phenoxy) is 1. The minimum atomic E-state index is 0.00432. The molecule has 0 spiro atoms. The number of amides is 2. The van der Waals surface area contributed by atoms with Crippen LogP contribution >= 0.6 is 0 Å². The smallest absolute Gasteiger partial charge is 0.317 e. The maximum atomic E-state index is 12.9. The number of urea groups is 1. The molecule has 6 rings (SSSR count). The number of aryl methyl sites for hydroxylation is 1. The standard InChI is InChI=1S/C22H30N2O2/c1-16-2-4-19(5-3-16)21-11-17-10-18(12-21)14-22(13-17,15-21)23-20(25)24-6-8-26-9-7-24/h2-5,17-18H,6-15H2,1H3,(H,23,25)/t17-,18+,21?,22?. The predicted octanol–water partition coefficient (Wildman–Crippen LogP) is 3.63. The summed E-state index contributed by atoms with van der Waals surface area (Å²) in [7, 11) is 0. The number of carbonyl (C=O) groups excluding carboxylic acids is 1. The zero-order valence-electron chi connectivity index (χ0n) is 15.8. The summed E-state index contributed by atoms with van der Waals surface area (Å²) in [5.74, 6) is 1.53. The largest absolute Gasteiger partial charge is 0.378 e. The second kappa shape index (κ2) is 5.98. The highest BCUT2D eigenvalue weighted by molar-refractivity contribution is 5.75. The molecular formula is C22H30N2O2. The van der Waals surface area contributed by atoms with Crippen LogP contribution in [0.15, 0.2) is 24.3 Å². The number of carbonyl (C=O) groups is 1. The third-order valence-electron chi connectivity index (χ3n) is 7.40.